The molecule has 0 radical (unpaired) electrons. The molecule has 0 saturated heterocycles. The Morgan fingerprint density at radius 3 is 2.32 bits per heavy atom. The molecule has 1 saturated carbocycles. The van der Waals surface area contributed by atoms with Crippen LogP contribution in [0.4, 0.5) is 0 Å². The van der Waals surface area contributed by atoms with Crippen LogP contribution in [0.5, 0.6) is 5.75 Å². The van der Waals surface area contributed by atoms with Crippen LogP contribution in [0.3, 0.4) is 0 Å². The molecule has 0 aliphatic heterocycles. The highest BCUT2D eigenvalue weighted by atomic mass is 16.5. The number of amides is 2. The van der Waals surface area contributed by atoms with Gasteiger partial charge in [0, 0.05) is 19.0 Å². The lowest BCUT2D eigenvalue weighted by molar-refractivity contribution is -0.143. The predicted octanol–water partition coefficient (Wildman–Crippen LogP) is 6.08. The van der Waals surface area contributed by atoms with Crippen LogP contribution in [0.25, 0.3) is 0 Å². The van der Waals surface area contributed by atoms with E-state index in [4.69, 9.17) is 4.74 Å². The molecule has 0 aromatic heterocycles. The molecule has 5 nitrogen and oxygen atoms in total. The molecule has 38 heavy (non-hydrogen) atoms. The van der Waals surface area contributed by atoms with Crippen molar-refractivity contribution >= 4 is 11.8 Å². The molecule has 0 spiro atoms. The molecule has 1 atom stereocenters. The fourth-order valence-electron chi connectivity index (χ4n) is 5.19. The SMILES string of the molecule is Cc1cccc(CN(C(=O)COc2cc(C)ccc2C)C(Cc2ccccc2)C(=O)NC2CCCCC2)c1. The smallest absolute Gasteiger partial charge is 0.261 e. The second-order valence-corrected chi connectivity index (χ2v) is 10.6. The van der Waals surface area contributed by atoms with E-state index in [1.54, 1.807) is 4.90 Å². The lowest BCUT2D eigenvalue weighted by Gasteiger charge is -2.33. The molecule has 1 aliphatic rings. The van der Waals surface area contributed by atoms with Gasteiger partial charge in [0.1, 0.15) is 11.8 Å². The molecule has 4 rings (SSSR count). The highest BCUT2D eigenvalue weighted by Gasteiger charge is 2.32. The predicted molar refractivity (Wildman–Crippen MR) is 152 cm³/mol. The third kappa shape index (κ3) is 7.70. The van der Waals surface area contributed by atoms with Crippen molar-refractivity contribution in [1.82, 2.24) is 10.2 Å². The molecule has 200 valence electrons. The molecule has 3 aromatic carbocycles. The van der Waals surface area contributed by atoms with E-state index < -0.39 is 6.04 Å². The number of benzene rings is 3. The standard InChI is InChI=1S/C33H40N2O3/c1-24-11-10-14-28(19-24)22-35(32(36)23-38-31-20-25(2)17-18-26(31)3)30(21-27-12-6-4-7-13-27)33(37)34-29-15-8-5-9-16-29/h4,6-7,10-14,17-20,29-30H,5,8-9,15-16,21-23H2,1-3H3,(H,34,37). The van der Waals surface area contributed by atoms with Crippen LogP contribution in [0, 0.1) is 20.8 Å². The Morgan fingerprint density at radius 2 is 1.58 bits per heavy atom. The molecule has 1 unspecified atom stereocenters. The first-order chi connectivity index (χ1) is 18.4. The maximum atomic E-state index is 13.9. The van der Waals surface area contributed by atoms with Crippen LogP contribution in [0.1, 0.15) is 59.9 Å². The average Bonchev–Trinajstić information content (AvgIpc) is 2.92. The van der Waals surface area contributed by atoms with Crippen molar-refractivity contribution < 1.29 is 14.3 Å². The third-order valence-electron chi connectivity index (χ3n) is 7.35. The summed E-state index contributed by atoms with van der Waals surface area (Å²) in [4.78, 5) is 29.4. The van der Waals surface area contributed by atoms with Gasteiger partial charge in [-0.2, -0.15) is 0 Å². The second kappa shape index (κ2) is 13.3. The number of carbonyl (C=O) groups is 2. The first-order valence-corrected chi connectivity index (χ1v) is 13.8. The van der Waals surface area contributed by atoms with Crippen LogP contribution >= 0.6 is 0 Å². The molecule has 0 heterocycles. The summed E-state index contributed by atoms with van der Waals surface area (Å²) in [6.07, 6.45) is 5.90. The summed E-state index contributed by atoms with van der Waals surface area (Å²) in [5, 5.41) is 3.29. The molecular weight excluding hydrogens is 472 g/mol. The highest BCUT2D eigenvalue weighted by molar-refractivity contribution is 5.88. The Labute approximate surface area is 227 Å². The summed E-state index contributed by atoms with van der Waals surface area (Å²) in [7, 11) is 0. The van der Waals surface area contributed by atoms with Crippen LogP contribution in [-0.4, -0.2) is 35.4 Å². The number of rotatable bonds is 10. The van der Waals surface area contributed by atoms with E-state index in [0.717, 1.165) is 53.5 Å². The molecule has 5 heteroatoms. The van der Waals surface area contributed by atoms with E-state index in [0.29, 0.717) is 18.7 Å². The van der Waals surface area contributed by atoms with Crippen molar-refractivity contribution in [1.29, 1.82) is 0 Å². The van der Waals surface area contributed by atoms with Crippen molar-refractivity contribution in [2.75, 3.05) is 6.61 Å². The maximum absolute atomic E-state index is 13.9. The maximum Gasteiger partial charge on any atom is 0.261 e. The Kier molecular flexibility index (Phi) is 9.58. The van der Waals surface area contributed by atoms with Gasteiger partial charge in [-0.3, -0.25) is 9.59 Å². The second-order valence-electron chi connectivity index (χ2n) is 10.6. The first kappa shape index (κ1) is 27.4. The lowest BCUT2D eigenvalue weighted by Crippen LogP contribution is -2.53. The van der Waals surface area contributed by atoms with Gasteiger partial charge in [-0.1, -0.05) is 91.6 Å². The number of nitrogens with one attached hydrogen (secondary N) is 1. The zero-order valence-electron chi connectivity index (χ0n) is 22.9. The van der Waals surface area contributed by atoms with Crippen molar-refractivity contribution in [2.45, 2.75) is 77.9 Å². The van der Waals surface area contributed by atoms with Gasteiger partial charge in [-0.05, 0) is 61.9 Å². The number of aryl methyl sites for hydroxylation is 3. The normalized spacial score (nSPS) is 14.5. The van der Waals surface area contributed by atoms with Gasteiger partial charge in [-0.15, -0.1) is 0 Å². The molecular formula is C33H40N2O3. The Bertz CT molecular complexity index is 1220. The van der Waals surface area contributed by atoms with Crippen LogP contribution in [0.2, 0.25) is 0 Å². The molecule has 3 aromatic rings. The topological polar surface area (TPSA) is 58.6 Å². The van der Waals surface area contributed by atoms with E-state index in [-0.39, 0.29) is 24.5 Å². The Hall–Kier alpha value is -3.60. The Morgan fingerprint density at radius 1 is 0.868 bits per heavy atom. The van der Waals surface area contributed by atoms with E-state index in [2.05, 4.69) is 11.4 Å². The molecule has 1 fully saturated rings. The minimum Gasteiger partial charge on any atom is -0.483 e. The molecule has 1 aliphatic carbocycles. The highest BCUT2D eigenvalue weighted by Crippen LogP contribution is 2.22. The van der Waals surface area contributed by atoms with E-state index in [9.17, 15) is 9.59 Å². The summed E-state index contributed by atoms with van der Waals surface area (Å²) >= 11 is 0. The Balaban J connectivity index is 1.62. The summed E-state index contributed by atoms with van der Waals surface area (Å²) in [5.74, 6) is 0.403. The zero-order chi connectivity index (χ0) is 26.9. The van der Waals surface area contributed by atoms with Gasteiger partial charge in [-0.25, -0.2) is 0 Å². The largest absolute Gasteiger partial charge is 0.483 e. The molecule has 2 amide bonds. The van der Waals surface area contributed by atoms with Gasteiger partial charge < -0.3 is 15.0 Å². The van der Waals surface area contributed by atoms with E-state index in [1.165, 1.54) is 6.42 Å². The van der Waals surface area contributed by atoms with E-state index in [1.807, 2.05) is 87.5 Å². The summed E-state index contributed by atoms with van der Waals surface area (Å²) < 4.78 is 6.03. The van der Waals surface area contributed by atoms with Crippen molar-refractivity contribution in [3.8, 4) is 5.75 Å². The van der Waals surface area contributed by atoms with Crippen LogP contribution in [-0.2, 0) is 22.6 Å². The number of nitrogens with zero attached hydrogens (tertiary/aromatic N) is 1. The zero-order valence-corrected chi connectivity index (χ0v) is 22.9. The minimum absolute atomic E-state index is 0.0894. The van der Waals surface area contributed by atoms with Crippen molar-refractivity contribution in [3.63, 3.8) is 0 Å². The summed E-state index contributed by atoms with van der Waals surface area (Å²) in [5.41, 5.74) is 5.18. The van der Waals surface area contributed by atoms with Crippen molar-refractivity contribution in [2.24, 2.45) is 0 Å². The average molecular weight is 513 g/mol. The van der Waals surface area contributed by atoms with Gasteiger partial charge in [0.2, 0.25) is 5.91 Å². The monoisotopic (exact) mass is 512 g/mol. The quantitative estimate of drug-likeness (QED) is 0.358. The third-order valence-corrected chi connectivity index (χ3v) is 7.35. The van der Waals surface area contributed by atoms with Gasteiger partial charge >= 0.3 is 0 Å². The molecule has 0 bridgehead atoms. The fourth-order valence-corrected chi connectivity index (χ4v) is 5.19. The summed E-state index contributed by atoms with van der Waals surface area (Å²) in [6, 6.07) is 23.6. The number of hydrogen-bond acceptors (Lipinski definition) is 3. The van der Waals surface area contributed by atoms with Crippen molar-refractivity contribution in [3.05, 3.63) is 101 Å². The van der Waals surface area contributed by atoms with Crippen LogP contribution < -0.4 is 10.1 Å². The lowest BCUT2D eigenvalue weighted by atomic mass is 9.94. The molecule has 1 N–H and O–H groups in total. The number of carbonyl (C=O) groups excluding carboxylic acids is 2. The van der Waals surface area contributed by atoms with E-state index >= 15 is 0 Å². The fraction of sp³-hybridized carbons (Fsp3) is 0.394. The van der Waals surface area contributed by atoms with Crippen LogP contribution in [0.15, 0.2) is 72.8 Å². The minimum atomic E-state index is -0.644. The van der Waals surface area contributed by atoms with Gasteiger partial charge in [0.05, 0.1) is 0 Å². The number of hydrogen-bond donors (Lipinski definition) is 1. The summed E-state index contributed by atoms with van der Waals surface area (Å²) in [6.45, 7) is 6.23. The number of ether oxygens (including phenoxy) is 1. The van der Waals surface area contributed by atoms with Gasteiger partial charge in [0.15, 0.2) is 6.61 Å². The van der Waals surface area contributed by atoms with Gasteiger partial charge in [0.25, 0.3) is 5.91 Å². The first-order valence-electron chi connectivity index (χ1n) is 13.8.